The molecule has 2 amide bonds. The van der Waals surface area contributed by atoms with E-state index in [0.29, 0.717) is 17.8 Å². The number of carbonyl (C=O) groups is 2. The normalized spacial score (nSPS) is 11.7. The lowest BCUT2D eigenvalue weighted by Crippen LogP contribution is -2.33. The molecular formula is C28H27N3O2. The zero-order chi connectivity index (χ0) is 23.4. The summed E-state index contributed by atoms with van der Waals surface area (Å²) in [5, 5.41) is 3.67. The van der Waals surface area contributed by atoms with Crippen molar-refractivity contribution in [2.45, 2.75) is 33.4 Å². The summed E-state index contributed by atoms with van der Waals surface area (Å²) in [6.45, 7) is 5.87. The Morgan fingerprint density at radius 2 is 1.67 bits per heavy atom. The molecule has 0 spiro atoms. The first kappa shape index (κ1) is 22.2. The molecular weight excluding hydrogens is 410 g/mol. The molecule has 0 saturated heterocycles. The van der Waals surface area contributed by atoms with Crippen molar-refractivity contribution in [3.05, 3.63) is 107 Å². The van der Waals surface area contributed by atoms with Gasteiger partial charge in [0.1, 0.15) is 0 Å². The Hall–Kier alpha value is -3.99. The molecule has 1 N–H and O–H groups in total. The van der Waals surface area contributed by atoms with E-state index in [9.17, 15) is 9.59 Å². The van der Waals surface area contributed by atoms with E-state index in [1.165, 1.54) is 6.92 Å². The van der Waals surface area contributed by atoms with Gasteiger partial charge in [-0.1, -0.05) is 60.7 Å². The number of amides is 2. The number of para-hydroxylation sites is 1. The number of carbonyl (C=O) groups excluding carboxylic acids is 2. The molecule has 0 bridgehead atoms. The highest BCUT2D eigenvalue weighted by Crippen LogP contribution is 2.29. The minimum Gasteiger partial charge on any atom is -0.328 e. The molecule has 5 nitrogen and oxygen atoms in total. The Balaban J connectivity index is 1.77. The fourth-order valence-electron chi connectivity index (χ4n) is 4.06. The number of benzene rings is 3. The van der Waals surface area contributed by atoms with Crippen LogP contribution in [0.4, 0.5) is 5.69 Å². The third-order valence-electron chi connectivity index (χ3n) is 5.69. The van der Waals surface area contributed by atoms with Crippen molar-refractivity contribution >= 4 is 28.4 Å². The Morgan fingerprint density at radius 1 is 0.939 bits per heavy atom. The van der Waals surface area contributed by atoms with Gasteiger partial charge >= 0.3 is 0 Å². The van der Waals surface area contributed by atoms with Crippen LogP contribution < -0.4 is 5.32 Å². The molecule has 5 heteroatoms. The maximum Gasteiger partial charge on any atom is 0.255 e. The standard InChI is InChI=1S/C28H27N3O2/c1-19-16-26(25-14-7-8-15-27(25)29-19)28(33)31(18-22-10-5-4-6-11-22)20(2)23-12-9-13-24(17-23)30-21(3)32/h4-17,20H,18H2,1-3H3,(H,30,32). The minimum atomic E-state index is -0.223. The van der Waals surface area contributed by atoms with Crippen LogP contribution in [0.3, 0.4) is 0 Å². The number of aromatic nitrogens is 1. The monoisotopic (exact) mass is 437 g/mol. The predicted molar refractivity (Wildman–Crippen MR) is 132 cm³/mol. The van der Waals surface area contributed by atoms with E-state index in [4.69, 9.17) is 0 Å². The summed E-state index contributed by atoms with van der Waals surface area (Å²) in [5.41, 5.74) is 4.95. The molecule has 0 fully saturated rings. The quantitative estimate of drug-likeness (QED) is 0.408. The second kappa shape index (κ2) is 9.65. The van der Waals surface area contributed by atoms with Crippen LogP contribution in [0.5, 0.6) is 0 Å². The molecule has 33 heavy (non-hydrogen) atoms. The smallest absolute Gasteiger partial charge is 0.255 e. The van der Waals surface area contributed by atoms with Gasteiger partial charge in [0.25, 0.3) is 5.91 Å². The van der Waals surface area contributed by atoms with E-state index in [2.05, 4.69) is 10.3 Å². The molecule has 166 valence electrons. The van der Waals surface area contributed by atoms with Crippen LogP contribution in [0.25, 0.3) is 10.9 Å². The Labute approximate surface area is 194 Å². The summed E-state index contributed by atoms with van der Waals surface area (Å²) in [6.07, 6.45) is 0. The van der Waals surface area contributed by atoms with Crippen LogP contribution >= 0.6 is 0 Å². The van der Waals surface area contributed by atoms with E-state index in [1.807, 2.05) is 104 Å². The van der Waals surface area contributed by atoms with E-state index in [-0.39, 0.29) is 17.9 Å². The molecule has 3 aromatic carbocycles. The molecule has 0 radical (unpaired) electrons. The highest BCUT2D eigenvalue weighted by atomic mass is 16.2. The van der Waals surface area contributed by atoms with Crippen molar-refractivity contribution in [1.29, 1.82) is 0 Å². The summed E-state index contributed by atoms with van der Waals surface area (Å²) in [7, 11) is 0. The maximum atomic E-state index is 14.0. The summed E-state index contributed by atoms with van der Waals surface area (Å²) < 4.78 is 0. The van der Waals surface area contributed by atoms with Crippen LogP contribution in [0, 0.1) is 6.92 Å². The van der Waals surface area contributed by atoms with E-state index >= 15 is 0 Å². The number of rotatable bonds is 6. The van der Waals surface area contributed by atoms with Gasteiger partial charge in [0.2, 0.25) is 5.91 Å². The van der Waals surface area contributed by atoms with Crippen LogP contribution in [-0.4, -0.2) is 21.7 Å². The average molecular weight is 438 g/mol. The molecule has 0 aliphatic rings. The van der Waals surface area contributed by atoms with Gasteiger partial charge in [-0.05, 0) is 49.2 Å². The first-order valence-electron chi connectivity index (χ1n) is 11.0. The van der Waals surface area contributed by atoms with Crippen LogP contribution in [0.2, 0.25) is 0 Å². The summed E-state index contributed by atoms with van der Waals surface area (Å²) >= 11 is 0. The lowest BCUT2D eigenvalue weighted by Gasteiger charge is -2.31. The molecule has 0 aliphatic heterocycles. The molecule has 1 atom stereocenters. The van der Waals surface area contributed by atoms with Gasteiger partial charge in [0.05, 0.1) is 17.1 Å². The topological polar surface area (TPSA) is 62.3 Å². The maximum absolute atomic E-state index is 14.0. The first-order chi connectivity index (χ1) is 15.9. The second-order valence-electron chi connectivity index (χ2n) is 8.23. The number of anilines is 1. The van der Waals surface area contributed by atoms with Gasteiger partial charge in [0.15, 0.2) is 0 Å². The number of hydrogen-bond donors (Lipinski definition) is 1. The molecule has 4 aromatic rings. The van der Waals surface area contributed by atoms with Crippen molar-refractivity contribution in [2.24, 2.45) is 0 Å². The van der Waals surface area contributed by atoms with Gasteiger partial charge in [-0.15, -0.1) is 0 Å². The zero-order valence-corrected chi connectivity index (χ0v) is 19.1. The molecule has 1 aromatic heterocycles. The lowest BCUT2D eigenvalue weighted by molar-refractivity contribution is -0.114. The van der Waals surface area contributed by atoms with Gasteiger partial charge < -0.3 is 10.2 Å². The summed E-state index contributed by atoms with van der Waals surface area (Å²) in [4.78, 5) is 32.0. The molecule has 1 heterocycles. The molecule has 4 rings (SSSR count). The number of fused-ring (bicyclic) bond motifs is 1. The fourth-order valence-corrected chi connectivity index (χ4v) is 4.06. The fraction of sp³-hybridized carbons (Fsp3) is 0.179. The number of nitrogens with one attached hydrogen (secondary N) is 1. The highest BCUT2D eigenvalue weighted by molar-refractivity contribution is 6.06. The van der Waals surface area contributed by atoms with E-state index in [0.717, 1.165) is 27.7 Å². The summed E-state index contributed by atoms with van der Waals surface area (Å²) in [5.74, 6) is -0.186. The van der Waals surface area contributed by atoms with Crippen molar-refractivity contribution < 1.29 is 9.59 Å². The van der Waals surface area contributed by atoms with Crippen LogP contribution in [0.1, 0.15) is 47.1 Å². The number of aryl methyl sites for hydroxylation is 1. The predicted octanol–water partition coefficient (Wildman–Crippen LogP) is 5.91. The molecule has 1 unspecified atom stereocenters. The number of hydrogen-bond acceptors (Lipinski definition) is 3. The minimum absolute atomic E-state index is 0.0574. The zero-order valence-electron chi connectivity index (χ0n) is 19.1. The van der Waals surface area contributed by atoms with Crippen molar-refractivity contribution in [3.63, 3.8) is 0 Å². The molecule has 0 saturated carbocycles. The largest absolute Gasteiger partial charge is 0.328 e. The van der Waals surface area contributed by atoms with Crippen molar-refractivity contribution in [3.8, 4) is 0 Å². The Bertz CT molecular complexity index is 1300. The Morgan fingerprint density at radius 3 is 2.42 bits per heavy atom. The lowest BCUT2D eigenvalue weighted by atomic mass is 10.0. The average Bonchev–Trinajstić information content (AvgIpc) is 2.81. The Kier molecular flexibility index (Phi) is 6.50. The van der Waals surface area contributed by atoms with E-state index < -0.39 is 0 Å². The number of nitrogens with zero attached hydrogens (tertiary/aromatic N) is 2. The van der Waals surface area contributed by atoms with Gasteiger partial charge in [-0.2, -0.15) is 0 Å². The van der Waals surface area contributed by atoms with Gasteiger partial charge in [-0.3, -0.25) is 14.6 Å². The third kappa shape index (κ3) is 5.09. The number of pyridine rings is 1. The summed E-state index contributed by atoms with van der Waals surface area (Å²) in [6, 6.07) is 27.0. The van der Waals surface area contributed by atoms with Crippen molar-refractivity contribution in [1.82, 2.24) is 9.88 Å². The SMILES string of the molecule is CC(=O)Nc1cccc(C(C)N(Cc2ccccc2)C(=O)c2cc(C)nc3ccccc23)c1. The van der Waals surface area contributed by atoms with Crippen LogP contribution in [-0.2, 0) is 11.3 Å². The molecule has 0 aliphatic carbocycles. The third-order valence-corrected chi connectivity index (χ3v) is 5.69. The first-order valence-corrected chi connectivity index (χ1v) is 11.0. The van der Waals surface area contributed by atoms with Crippen LogP contribution in [0.15, 0.2) is 84.9 Å². The van der Waals surface area contributed by atoms with Crippen molar-refractivity contribution in [2.75, 3.05) is 5.32 Å². The second-order valence-corrected chi connectivity index (χ2v) is 8.23. The van der Waals surface area contributed by atoms with Gasteiger partial charge in [-0.25, -0.2) is 0 Å². The highest BCUT2D eigenvalue weighted by Gasteiger charge is 2.25. The van der Waals surface area contributed by atoms with Gasteiger partial charge in [0, 0.05) is 30.2 Å². The van der Waals surface area contributed by atoms with E-state index in [1.54, 1.807) is 0 Å².